The van der Waals surface area contributed by atoms with Crippen molar-refractivity contribution in [2.75, 3.05) is 5.32 Å². The van der Waals surface area contributed by atoms with E-state index < -0.39 is 0 Å². The lowest BCUT2D eigenvalue weighted by Gasteiger charge is -2.23. The van der Waals surface area contributed by atoms with E-state index in [4.69, 9.17) is 0 Å². The quantitative estimate of drug-likeness (QED) is 0.364. The van der Waals surface area contributed by atoms with Gasteiger partial charge in [0.05, 0.1) is 11.4 Å². The SMILES string of the molecule is O=C(Nc1ccc(N=Nc2ccccc2)cc1)N(Cc1ccncc1)Cc1cccnc1. The van der Waals surface area contributed by atoms with E-state index >= 15 is 0 Å². The predicted octanol–water partition coefficient (Wildman–Crippen LogP) is 6.13. The number of nitrogens with one attached hydrogen (secondary N) is 1. The van der Waals surface area contributed by atoms with E-state index in [2.05, 4.69) is 25.5 Å². The fourth-order valence-corrected chi connectivity index (χ4v) is 3.04. The molecule has 0 saturated heterocycles. The van der Waals surface area contributed by atoms with E-state index in [1.54, 1.807) is 29.7 Å². The van der Waals surface area contributed by atoms with Crippen LogP contribution in [-0.4, -0.2) is 20.9 Å². The van der Waals surface area contributed by atoms with Gasteiger partial charge in [-0.05, 0) is 65.7 Å². The second-order valence-electron chi connectivity index (χ2n) is 7.09. The Balaban J connectivity index is 1.44. The molecule has 1 N–H and O–H groups in total. The molecule has 4 rings (SSSR count). The third kappa shape index (κ3) is 6.06. The number of nitrogens with zero attached hydrogens (tertiary/aromatic N) is 5. The zero-order chi connectivity index (χ0) is 22.0. The lowest BCUT2D eigenvalue weighted by molar-refractivity contribution is 0.206. The van der Waals surface area contributed by atoms with Crippen LogP contribution in [0.25, 0.3) is 0 Å². The molecule has 158 valence electrons. The monoisotopic (exact) mass is 422 g/mol. The number of anilines is 1. The highest BCUT2D eigenvalue weighted by Gasteiger charge is 2.15. The fourth-order valence-electron chi connectivity index (χ4n) is 3.04. The summed E-state index contributed by atoms with van der Waals surface area (Å²) < 4.78 is 0. The van der Waals surface area contributed by atoms with Crippen molar-refractivity contribution in [1.82, 2.24) is 14.9 Å². The summed E-state index contributed by atoms with van der Waals surface area (Å²) in [6.45, 7) is 0.887. The van der Waals surface area contributed by atoms with Crippen LogP contribution in [0.15, 0.2) is 114 Å². The second-order valence-corrected chi connectivity index (χ2v) is 7.09. The molecule has 0 aliphatic heterocycles. The molecule has 0 spiro atoms. The van der Waals surface area contributed by atoms with Gasteiger partial charge in [0.25, 0.3) is 0 Å². The summed E-state index contributed by atoms with van der Waals surface area (Å²) in [6.07, 6.45) is 6.92. The molecule has 2 aromatic heterocycles. The van der Waals surface area contributed by atoms with Crippen LogP contribution in [0, 0.1) is 0 Å². The Labute approximate surface area is 186 Å². The summed E-state index contributed by atoms with van der Waals surface area (Å²) in [7, 11) is 0. The Bertz CT molecular complexity index is 1110. The van der Waals surface area contributed by atoms with Gasteiger partial charge in [-0.2, -0.15) is 10.2 Å². The summed E-state index contributed by atoms with van der Waals surface area (Å²) in [5, 5.41) is 11.4. The highest BCUT2D eigenvalue weighted by molar-refractivity contribution is 5.89. The Morgan fingerprint density at radius 3 is 2.09 bits per heavy atom. The predicted molar refractivity (Wildman–Crippen MR) is 124 cm³/mol. The maximum atomic E-state index is 13.1. The Morgan fingerprint density at radius 2 is 1.41 bits per heavy atom. The van der Waals surface area contributed by atoms with Crippen LogP contribution >= 0.6 is 0 Å². The number of azo groups is 1. The van der Waals surface area contributed by atoms with Gasteiger partial charge in [-0.15, -0.1) is 0 Å². The van der Waals surface area contributed by atoms with Crippen molar-refractivity contribution in [3.8, 4) is 0 Å². The molecule has 0 saturated carbocycles. The summed E-state index contributed by atoms with van der Waals surface area (Å²) in [5.41, 5.74) is 4.12. The van der Waals surface area contributed by atoms with Crippen molar-refractivity contribution >= 4 is 23.1 Å². The van der Waals surface area contributed by atoms with E-state index in [0.29, 0.717) is 24.5 Å². The van der Waals surface area contributed by atoms with Crippen LogP contribution in [-0.2, 0) is 13.1 Å². The summed E-state index contributed by atoms with van der Waals surface area (Å²) in [6, 6.07) is 24.2. The van der Waals surface area contributed by atoms with Gasteiger partial charge in [-0.3, -0.25) is 9.97 Å². The van der Waals surface area contributed by atoms with E-state index in [9.17, 15) is 4.79 Å². The molecule has 0 aliphatic rings. The van der Waals surface area contributed by atoms with Gasteiger partial charge in [0.1, 0.15) is 0 Å². The van der Waals surface area contributed by atoms with Crippen LogP contribution in [0.5, 0.6) is 0 Å². The first-order chi connectivity index (χ1) is 15.8. The minimum Gasteiger partial charge on any atom is -0.316 e. The lowest BCUT2D eigenvalue weighted by Crippen LogP contribution is -2.34. The van der Waals surface area contributed by atoms with Crippen molar-refractivity contribution in [3.63, 3.8) is 0 Å². The molecule has 7 heteroatoms. The van der Waals surface area contributed by atoms with E-state index in [-0.39, 0.29) is 6.03 Å². The second kappa shape index (κ2) is 10.6. The summed E-state index contributed by atoms with van der Waals surface area (Å²) >= 11 is 0. The van der Waals surface area contributed by atoms with Crippen LogP contribution in [0.4, 0.5) is 21.9 Å². The number of carbonyl (C=O) groups is 1. The molecule has 4 aromatic rings. The van der Waals surface area contributed by atoms with Gasteiger partial charge >= 0.3 is 6.03 Å². The largest absolute Gasteiger partial charge is 0.322 e. The van der Waals surface area contributed by atoms with Crippen molar-refractivity contribution in [3.05, 3.63) is 115 Å². The molecule has 2 aromatic carbocycles. The number of amides is 2. The van der Waals surface area contributed by atoms with Crippen molar-refractivity contribution in [2.45, 2.75) is 13.1 Å². The number of carbonyl (C=O) groups excluding carboxylic acids is 1. The number of urea groups is 1. The average molecular weight is 422 g/mol. The minimum atomic E-state index is -0.204. The molecule has 7 nitrogen and oxygen atoms in total. The third-order valence-electron chi connectivity index (χ3n) is 4.66. The fraction of sp³-hybridized carbons (Fsp3) is 0.0800. The number of hydrogen-bond donors (Lipinski definition) is 1. The highest BCUT2D eigenvalue weighted by Crippen LogP contribution is 2.21. The third-order valence-corrected chi connectivity index (χ3v) is 4.66. The van der Waals surface area contributed by atoms with E-state index in [1.165, 1.54) is 0 Å². The van der Waals surface area contributed by atoms with Gasteiger partial charge in [0.15, 0.2) is 0 Å². The van der Waals surface area contributed by atoms with Crippen LogP contribution in [0.1, 0.15) is 11.1 Å². The van der Waals surface area contributed by atoms with Gasteiger partial charge in [0, 0.05) is 43.6 Å². The van der Waals surface area contributed by atoms with Gasteiger partial charge < -0.3 is 10.2 Å². The first-order valence-corrected chi connectivity index (χ1v) is 10.2. The molecular weight excluding hydrogens is 400 g/mol. The highest BCUT2D eigenvalue weighted by atomic mass is 16.2. The van der Waals surface area contributed by atoms with Crippen LogP contribution < -0.4 is 5.32 Å². The zero-order valence-corrected chi connectivity index (χ0v) is 17.4. The van der Waals surface area contributed by atoms with E-state index in [1.807, 2.05) is 78.9 Å². The minimum absolute atomic E-state index is 0.204. The normalized spacial score (nSPS) is 10.8. The number of benzene rings is 2. The van der Waals surface area contributed by atoms with Crippen LogP contribution in [0.3, 0.4) is 0 Å². The Kier molecular flexibility index (Phi) is 6.90. The molecule has 2 amide bonds. The first kappa shape index (κ1) is 20.9. The van der Waals surface area contributed by atoms with Crippen molar-refractivity contribution in [1.29, 1.82) is 0 Å². The topological polar surface area (TPSA) is 82.8 Å². The zero-order valence-electron chi connectivity index (χ0n) is 17.4. The molecule has 2 heterocycles. The molecule has 0 aliphatic carbocycles. The molecular formula is C25H22N6O. The Hall–Kier alpha value is -4.39. The van der Waals surface area contributed by atoms with Crippen LogP contribution in [0.2, 0.25) is 0 Å². The number of hydrogen-bond acceptors (Lipinski definition) is 5. The first-order valence-electron chi connectivity index (χ1n) is 10.2. The molecule has 0 radical (unpaired) electrons. The number of pyridine rings is 2. The summed E-state index contributed by atoms with van der Waals surface area (Å²) in [5.74, 6) is 0. The molecule has 0 fully saturated rings. The molecule has 0 bridgehead atoms. The smallest absolute Gasteiger partial charge is 0.316 e. The van der Waals surface area contributed by atoms with Crippen molar-refractivity contribution < 1.29 is 4.79 Å². The van der Waals surface area contributed by atoms with Crippen molar-refractivity contribution in [2.24, 2.45) is 10.2 Å². The van der Waals surface area contributed by atoms with Gasteiger partial charge in [-0.1, -0.05) is 24.3 Å². The molecule has 0 unspecified atom stereocenters. The Morgan fingerprint density at radius 1 is 0.719 bits per heavy atom. The average Bonchev–Trinajstić information content (AvgIpc) is 2.85. The molecule has 32 heavy (non-hydrogen) atoms. The number of aromatic nitrogens is 2. The molecule has 0 atom stereocenters. The maximum Gasteiger partial charge on any atom is 0.322 e. The number of rotatable bonds is 7. The lowest BCUT2D eigenvalue weighted by atomic mass is 10.2. The van der Waals surface area contributed by atoms with Gasteiger partial charge in [0.2, 0.25) is 0 Å². The van der Waals surface area contributed by atoms with E-state index in [0.717, 1.165) is 16.8 Å². The maximum absolute atomic E-state index is 13.1. The summed E-state index contributed by atoms with van der Waals surface area (Å²) in [4.78, 5) is 23.0. The standard InChI is InChI=1S/C25H22N6O/c32-25(28-22-8-10-24(11-9-22)30-29-23-6-2-1-3-7-23)31(18-20-12-15-26-16-13-20)19-21-5-4-14-27-17-21/h1-17H,18-19H2,(H,28,32). The van der Waals surface area contributed by atoms with Gasteiger partial charge in [-0.25, -0.2) is 4.79 Å².